The van der Waals surface area contributed by atoms with Crippen LogP contribution in [-0.4, -0.2) is 63.7 Å². The van der Waals surface area contributed by atoms with Crippen molar-refractivity contribution in [1.82, 2.24) is 14.9 Å². The van der Waals surface area contributed by atoms with Crippen LogP contribution in [0, 0.1) is 0 Å². The summed E-state index contributed by atoms with van der Waals surface area (Å²) in [5.41, 5.74) is 1.96. The molecule has 0 saturated carbocycles. The third kappa shape index (κ3) is 3.82. The summed E-state index contributed by atoms with van der Waals surface area (Å²) < 4.78 is 5.48. The molecular weight excluding hydrogens is 532 g/mol. The molecule has 11 heteroatoms. The van der Waals surface area contributed by atoms with Crippen molar-refractivity contribution in [3.05, 3.63) is 82.3 Å². The predicted octanol–water partition coefficient (Wildman–Crippen LogP) is 2.90. The van der Waals surface area contributed by atoms with Crippen molar-refractivity contribution in [3.8, 4) is 0 Å². The average Bonchev–Trinajstić information content (AvgIpc) is 3.56. The fraction of sp³-hybridized carbons (Fsp3) is 0.310. The number of hydrogen-bond acceptors (Lipinski definition) is 7. The normalized spacial score (nSPS) is 22.3. The molecule has 4 aliphatic rings. The van der Waals surface area contributed by atoms with Crippen LogP contribution >= 0.6 is 11.6 Å². The molecule has 7 rings (SSSR count). The quantitative estimate of drug-likeness (QED) is 0.509. The zero-order valence-electron chi connectivity index (χ0n) is 21.4. The Kier molecular flexibility index (Phi) is 5.72. The van der Waals surface area contributed by atoms with Gasteiger partial charge in [0.1, 0.15) is 23.7 Å². The van der Waals surface area contributed by atoms with E-state index in [-0.39, 0.29) is 24.3 Å². The Hall–Kier alpha value is -4.15. The van der Waals surface area contributed by atoms with Gasteiger partial charge >= 0.3 is 0 Å². The molecule has 10 nitrogen and oxygen atoms in total. The Morgan fingerprint density at radius 2 is 1.93 bits per heavy atom. The number of ether oxygens (including phenoxy) is 1. The van der Waals surface area contributed by atoms with Crippen LogP contribution in [0.15, 0.2) is 59.9 Å². The zero-order valence-corrected chi connectivity index (χ0v) is 22.2. The minimum absolute atomic E-state index is 0.0919. The summed E-state index contributed by atoms with van der Waals surface area (Å²) in [4.78, 5) is 55.1. The smallest absolute Gasteiger partial charge is 0.256 e. The number of nitrogens with zero attached hydrogens (tertiary/aromatic N) is 4. The van der Waals surface area contributed by atoms with E-state index in [2.05, 4.69) is 20.6 Å². The summed E-state index contributed by atoms with van der Waals surface area (Å²) in [5.74, 6) is 0.267. The summed E-state index contributed by atoms with van der Waals surface area (Å²) in [6.07, 6.45) is 5.06. The van der Waals surface area contributed by atoms with Crippen LogP contribution in [0.5, 0.6) is 0 Å². The van der Waals surface area contributed by atoms with Crippen LogP contribution in [0.3, 0.4) is 0 Å². The van der Waals surface area contributed by atoms with Crippen LogP contribution in [0.2, 0.25) is 5.02 Å². The molecule has 3 aromatic rings. The van der Waals surface area contributed by atoms with E-state index in [4.69, 9.17) is 21.3 Å². The van der Waals surface area contributed by atoms with Gasteiger partial charge in [0.05, 0.1) is 22.3 Å². The number of aliphatic imine (C=N–C) groups is 1. The van der Waals surface area contributed by atoms with Crippen LogP contribution in [-0.2, 0) is 37.4 Å². The largest absolute Gasteiger partial charge is 0.381 e. The highest BCUT2D eigenvalue weighted by Crippen LogP contribution is 2.46. The number of amides is 3. The van der Waals surface area contributed by atoms with Gasteiger partial charge in [0.15, 0.2) is 0 Å². The Bertz CT molecular complexity index is 1620. The van der Waals surface area contributed by atoms with Gasteiger partial charge in [-0.25, -0.2) is 4.98 Å². The summed E-state index contributed by atoms with van der Waals surface area (Å²) >= 11 is 6.47. The zero-order chi connectivity index (χ0) is 27.5. The van der Waals surface area contributed by atoms with Crippen molar-refractivity contribution >= 4 is 46.7 Å². The lowest BCUT2D eigenvalue weighted by Gasteiger charge is -2.29. The van der Waals surface area contributed by atoms with Crippen molar-refractivity contribution in [2.24, 2.45) is 4.99 Å². The number of amidine groups is 1. The van der Waals surface area contributed by atoms with Gasteiger partial charge in [-0.15, -0.1) is 0 Å². The Balaban J connectivity index is 1.12. The van der Waals surface area contributed by atoms with E-state index >= 15 is 0 Å². The maximum Gasteiger partial charge on any atom is 0.256 e. The van der Waals surface area contributed by atoms with Gasteiger partial charge in [-0.05, 0) is 36.2 Å². The van der Waals surface area contributed by atoms with Crippen molar-refractivity contribution in [2.75, 3.05) is 30.4 Å². The fourth-order valence-corrected chi connectivity index (χ4v) is 6.44. The molecule has 0 radical (unpaired) electrons. The number of anilines is 2. The summed E-state index contributed by atoms with van der Waals surface area (Å²) in [6.45, 7) is 0.617. The number of fused-ring (bicyclic) bond motifs is 3. The monoisotopic (exact) mass is 556 g/mol. The van der Waals surface area contributed by atoms with E-state index in [0.29, 0.717) is 66.8 Å². The molecule has 0 unspecified atom stereocenters. The van der Waals surface area contributed by atoms with E-state index in [9.17, 15) is 14.4 Å². The van der Waals surface area contributed by atoms with Gasteiger partial charge in [0, 0.05) is 55.5 Å². The number of benzene rings is 1. The second kappa shape index (κ2) is 9.21. The minimum Gasteiger partial charge on any atom is -0.381 e. The van der Waals surface area contributed by atoms with Gasteiger partial charge in [0.25, 0.3) is 5.91 Å². The second-order valence-electron chi connectivity index (χ2n) is 10.6. The lowest BCUT2D eigenvalue weighted by atomic mass is 9.80. The average molecular weight is 557 g/mol. The molecule has 2 aromatic heterocycles. The number of halogens is 1. The highest BCUT2D eigenvalue weighted by molar-refractivity contribution is 6.35. The highest BCUT2D eigenvalue weighted by Gasteiger charge is 2.52. The number of aromatic nitrogens is 2. The number of carbonyl (C=O) groups is 3. The van der Waals surface area contributed by atoms with Gasteiger partial charge in [-0.2, -0.15) is 0 Å². The van der Waals surface area contributed by atoms with E-state index in [1.807, 2.05) is 24.3 Å². The van der Waals surface area contributed by atoms with Gasteiger partial charge in [-0.1, -0.05) is 29.8 Å². The van der Waals surface area contributed by atoms with E-state index in [0.717, 1.165) is 16.8 Å². The van der Waals surface area contributed by atoms with E-state index in [1.165, 1.54) is 4.90 Å². The van der Waals surface area contributed by atoms with Crippen LogP contribution in [0.1, 0.15) is 35.2 Å². The molecule has 3 amide bonds. The van der Waals surface area contributed by atoms with Crippen LogP contribution in [0.4, 0.5) is 11.5 Å². The molecule has 1 aliphatic carbocycles. The van der Waals surface area contributed by atoms with Crippen molar-refractivity contribution < 1.29 is 19.1 Å². The third-order valence-corrected chi connectivity index (χ3v) is 8.58. The first-order valence-electron chi connectivity index (χ1n) is 13.2. The number of hydrogen-bond donors (Lipinski definition) is 2. The summed E-state index contributed by atoms with van der Waals surface area (Å²) in [5, 5.41) is 6.23. The standard InChI is InChI=1S/C29H25ClN6O4/c30-21-6-2-1-4-19(21)25-35-29(7-10-40-11-8-29)27(39)36(25)16-23(37)33-18-12-17-13-28(14-22(17)32-15-18)20-5-3-9-31-24(20)34-26(28)38/h1-6,9,12,15H,7-8,10-11,13-14,16H2,(H,33,37)(H,31,34,38)/t28-/m0/s1. The first-order valence-corrected chi connectivity index (χ1v) is 13.6. The topological polar surface area (TPSA) is 126 Å². The number of pyridine rings is 2. The number of nitrogens with one attached hydrogen (secondary N) is 2. The van der Waals surface area contributed by atoms with Crippen molar-refractivity contribution in [1.29, 1.82) is 0 Å². The molecule has 1 saturated heterocycles. The number of rotatable bonds is 4. The highest BCUT2D eigenvalue weighted by atomic mass is 35.5. The van der Waals surface area contributed by atoms with Gasteiger partial charge < -0.3 is 15.4 Å². The molecule has 0 bridgehead atoms. The molecule has 1 aromatic carbocycles. The maximum absolute atomic E-state index is 13.7. The van der Waals surface area contributed by atoms with E-state index < -0.39 is 11.0 Å². The number of carbonyl (C=O) groups excluding carboxylic acids is 3. The third-order valence-electron chi connectivity index (χ3n) is 8.25. The van der Waals surface area contributed by atoms with Gasteiger partial charge in [0.2, 0.25) is 11.8 Å². The van der Waals surface area contributed by atoms with Crippen molar-refractivity contribution in [2.45, 2.75) is 36.6 Å². The van der Waals surface area contributed by atoms with Crippen molar-refractivity contribution in [3.63, 3.8) is 0 Å². The molecule has 2 spiro atoms. The first kappa shape index (κ1) is 24.9. The fourth-order valence-electron chi connectivity index (χ4n) is 6.22. The minimum atomic E-state index is -0.955. The Morgan fingerprint density at radius 3 is 2.75 bits per heavy atom. The van der Waals surface area contributed by atoms with Gasteiger partial charge in [-0.3, -0.25) is 29.3 Å². The summed E-state index contributed by atoms with van der Waals surface area (Å²) in [6, 6.07) is 12.8. The molecule has 1 fully saturated rings. The van der Waals surface area contributed by atoms with E-state index in [1.54, 1.807) is 30.6 Å². The second-order valence-corrected chi connectivity index (χ2v) is 11.0. The summed E-state index contributed by atoms with van der Waals surface area (Å²) in [7, 11) is 0. The van der Waals surface area contributed by atoms with Crippen LogP contribution in [0.25, 0.3) is 0 Å². The molecular formula is C29H25ClN6O4. The SMILES string of the molecule is O=C(CN1C(=O)C2(CCOCC2)N=C1c1ccccc1Cl)Nc1cnc2c(c1)C[C@@]1(C2)C(=O)Nc2ncccc21. The Labute approximate surface area is 234 Å². The molecule has 5 heterocycles. The molecule has 3 aliphatic heterocycles. The predicted molar refractivity (Wildman–Crippen MR) is 147 cm³/mol. The lowest BCUT2D eigenvalue weighted by Crippen LogP contribution is -2.48. The van der Waals surface area contributed by atoms with Crippen LogP contribution < -0.4 is 10.6 Å². The molecule has 40 heavy (non-hydrogen) atoms. The molecule has 202 valence electrons. The Morgan fingerprint density at radius 1 is 1.10 bits per heavy atom. The molecule has 1 atom stereocenters. The molecule has 2 N–H and O–H groups in total. The maximum atomic E-state index is 13.7. The lowest BCUT2D eigenvalue weighted by molar-refractivity contribution is -0.136. The first-order chi connectivity index (χ1) is 19.4.